The van der Waals surface area contributed by atoms with Crippen LogP contribution in [0, 0.1) is 5.82 Å². The Balaban J connectivity index is 1.63. The van der Waals surface area contributed by atoms with Crippen LogP contribution >= 0.6 is 11.6 Å². The number of halogens is 2. The Morgan fingerprint density at radius 3 is 2.76 bits per heavy atom. The lowest BCUT2D eigenvalue weighted by atomic mass is 10.1. The second-order valence-electron chi connectivity index (χ2n) is 5.58. The van der Waals surface area contributed by atoms with Crippen molar-refractivity contribution in [2.75, 3.05) is 18.4 Å². The number of likely N-dealkylation sites (tertiary alicyclic amines) is 1. The molecule has 0 bridgehead atoms. The van der Waals surface area contributed by atoms with Gasteiger partial charge in [0.1, 0.15) is 24.1 Å². The van der Waals surface area contributed by atoms with E-state index in [1.807, 2.05) is 0 Å². The molecule has 1 aromatic carbocycles. The first-order valence-electron chi connectivity index (χ1n) is 7.70. The molecule has 25 heavy (non-hydrogen) atoms. The topological polar surface area (TPSA) is 87.6 Å². The highest BCUT2D eigenvalue weighted by molar-refractivity contribution is 6.30. The Morgan fingerprint density at radius 2 is 2.08 bits per heavy atom. The van der Waals surface area contributed by atoms with Gasteiger partial charge in [-0.1, -0.05) is 11.6 Å². The van der Waals surface area contributed by atoms with Crippen molar-refractivity contribution in [3.63, 3.8) is 0 Å². The lowest BCUT2D eigenvalue weighted by Crippen LogP contribution is -2.41. The van der Waals surface area contributed by atoms with Crippen molar-refractivity contribution in [2.24, 2.45) is 0 Å². The number of carbonyl (C=O) groups is 1. The highest BCUT2D eigenvalue weighted by atomic mass is 35.5. The van der Waals surface area contributed by atoms with E-state index >= 15 is 0 Å². The third-order valence-corrected chi connectivity index (χ3v) is 4.07. The van der Waals surface area contributed by atoms with Crippen molar-refractivity contribution < 1.29 is 19.0 Å². The predicted octanol–water partition coefficient (Wildman–Crippen LogP) is 3.53. The highest BCUT2D eigenvalue weighted by Crippen LogP contribution is 2.24. The number of carboxylic acid groups (broad SMARTS) is 1. The molecule has 1 aliphatic rings. The molecule has 0 radical (unpaired) electrons. The van der Waals surface area contributed by atoms with E-state index in [4.69, 9.17) is 21.4 Å². The molecule has 1 amide bonds. The van der Waals surface area contributed by atoms with Crippen LogP contribution in [0.15, 0.2) is 30.6 Å². The average molecular weight is 367 g/mol. The lowest BCUT2D eigenvalue weighted by molar-refractivity contribution is 0.0870. The van der Waals surface area contributed by atoms with Crippen molar-refractivity contribution in [3.05, 3.63) is 41.4 Å². The van der Waals surface area contributed by atoms with Crippen LogP contribution in [0.4, 0.5) is 20.7 Å². The first-order valence-corrected chi connectivity index (χ1v) is 8.08. The van der Waals surface area contributed by atoms with E-state index in [1.54, 1.807) is 12.1 Å². The summed E-state index contributed by atoms with van der Waals surface area (Å²) in [6, 6.07) is 5.86. The normalized spacial score (nSPS) is 15.0. The molecule has 0 saturated carbocycles. The Labute approximate surface area is 148 Å². The molecule has 9 heteroatoms. The van der Waals surface area contributed by atoms with Gasteiger partial charge in [0.25, 0.3) is 0 Å². The molecule has 0 unspecified atom stereocenters. The van der Waals surface area contributed by atoms with Crippen molar-refractivity contribution in [1.29, 1.82) is 0 Å². The summed E-state index contributed by atoms with van der Waals surface area (Å²) in [6.07, 6.45) is 1.45. The van der Waals surface area contributed by atoms with Gasteiger partial charge in [0.05, 0.1) is 5.69 Å². The SMILES string of the molecule is O=C(O)N1CCC(Oc2cc(Nc3ccc(Cl)cc3F)ncn2)CC1. The second kappa shape index (κ2) is 7.52. The molecular weight excluding hydrogens is 351 g/mol. The molecule has 1 aliphatic heterocycles. The second-order valence-corrected chi connectivity index (χ2v) is 6.01. The summed E-state index contributed by atoms with van der Waals surface area (Å²) >= 11 is 5.73. The van der Waals surface area contributed by atoms with E-state index < -0.39 is 11.9 Å². The van der Waals surface area contributed by atoms with Gasteiger partial charge in [0, 0.05) is 37.0 Å². The summed E-state index contributed by atoms with van der Waals surface area (Å²) in [6.45, 7) is 0.846. The smallest absolute Gasteiger partial charge is 0.407 e. The van der Waals surface area contributed by atoms with E-state index in [2.05, 4.69) is 15.3 Å². The third-order valence-electron chi connectivity index (χ3n) is 3.84. The van der Waals surface area contributed by atoms with Crippen LogP contribution in [-0.4, -0.2) is 45.3 Å². The summed E-state index contributed by atoms with van der Waals surface area (Å²) in [4.78, 5) is 20.3. The summed E-state index contributed by atoms with van der Waals surface area (Å²) in [5.41, 5.74) is 0.240. The molecule has 132 valence electrons. The number of nitrogens with one attached hydrogen (secondary N) is 1. The summed E-state index contributed by atoms with van der Waals surface area (Å²) < 4.78 is 19.6. The number of hydrogen-bond acceptors (Lipinski definition) is 5. The summed E-state index contributed by atoms with van der Waals surface area (Å²) in [7, 11) is 0. The molecule has 2 N–H and O–H groups in total. The Kier molecular flexibility index (Phi) is 5.18. The molecule has 3 rings (SSSR count). The minimum absolute atomic E-state index is 0.120. The van der Waals surface area contributed by atoms with E-state index in [1.165, 1.54) is 23.4 Å². The van der Waals surface area contributed by atoms with Gasteiger partial charge < -0.3 is 20.1 Å². The van der Waals surface area contributed by atoms with Crippen LogP contribution in [0.1, 0.15) is 12.8 Å². The number of ether oxygens (including phenoxy) is 1. The maximum Gasteiger partial charge on any atom is 0.407 e. The largest absolute Gasteiger partial charge is 0.474 e. The molecule has 7 nitrogen and oxygen atoms in total. The third kappa shape index (κ3) is 4.48. The molecule has 1 fully saturated rings. The van der Waals surface area contributed by atoms with Gasteiger partial charge in [0.15, 0.2) is 0 Å². The van der Waals surface area contributed by atoms with Crippen LogP contribution in [0.3, 0.4) is 0 Å². The zero-order valence-electron chi connectivity index (χ0n) is 13.2. The Hall–Kier alpha value is -2.61. The first-order chi connectivity index (χ1) is 12.0. The minimum Gasteiger partial charge on any atom is -0.474 e. The lowest BCUT2D eigenvalue weighted by Gasteiger charge is -2.29. The van der Waals surface area contributed by atoms with Crippen molar-refractivity contribution in [2.45, 2.75) is 18.9 Å². The number of nitrogens with zero attached hydrogens (tertiary/aromatic N) is 3. The summed E-state index contributed by atoms with van der Waals surface area (Å²) in [5.74, 6) is 0.240. The van der Waals surface area contributed by atoms with Gasteiger partial charge in [-0.15, -0.1) is 0 Å². The van der Waals surface area contributed by atoms with Crippen molar-refractivity contribution >= 4 is 29.2 Å². The summed E-state index contributed by atoms with van der Waals surface area (Å²) in [5, 5.41) is 12.1. The Bertz CT molecular complexity index is 769. The fourth-order valence-corrected chi connectivity index (χ4v) is 2.70. The maximum atomic E-state index is 13.8. The average Bonchev–Trinajstić information content (AvgIpc) is 2.58. The number of aromatic nitrogens is 2. The van der Waals surface area contributed by atoms with Gasteiger partial charge >= 0.3 is 6.09 Å². The molecule has 0 spiro atoms. The fourth-order valence-electron chi connectivity index (χ4n) is 2.54. The fraction of sp³-hybridized carbons (Fsp3) is 0.312. The zero-order valence-corrected chi connectivity index (χ0v) is 13.9. The number of rotatable bonds is 4. The van der Waals surface area contributed by atoms with Gasteiger partial charge in [-0.25, -0.2) is 19.2 Å². The van der Waals surface area contributed by atoms with Gasteiger partial charge in [0.2, 0.25) is 5.88 Å². The van der Waals surface area contributed by atoms with E-state index in [9.17, 15) is 9.18 Å². The molecular formula is C16H16ClFN4O3. The first kappa shape index (κ1) is 17.2. The molecule has 2 heterocycles. The number of piperidine rings is 1. The molecule has 0 atom stereocenters. The van der Waals surface area contributed by atoms with Gasteiger partial charge in [-0.2, -0.15) is 0 Å². The molecule has 1 aromatic heterocycles. The number of hydrogen-bond donors (Lipinski definition) is 2. The van der Waals surface area contributed by atoms with E-state index in [0.29, 0.717) is 42.7 Å². The Morgan fingerprint density at radius 1 is 1.32 bits per heavy atom. The van der Waals surface area contributed by atoms with E-state index in [0.717, 1.165) is 0 Å². The van der Waals surface area contributed by atoms with Crippen molar-refractivity contribution in [3.8, 4) is 5.88 Å². The number of amides is 1. The molecule has 0 aliphatic carbocycles. The minimum atomic E-state index is -0.919. The van der Waals surface area contributed by atoms with Gasteiger partial charge in [-0.05, 0) is 18.2 Å². The monoisotopic (exact) mass is 366 g/mol. The molecule has 1 saturated heterocycles. The van der Waals surface area contributed by atoms with Crippen molar-refractivity contribution in [1.82, 2.24) is 14.9 Å². The number of benzene rings is 1. The quantitative estimate of drug-likeness (QED) is 0.860. The van der Waals surface area contributed by atoms with Gasteiger partial charge in [-0.3, -0.25) is 0 Å². The number of anilines is 2. The maximum absolute atomic E-state index is 13.8. The van der Waals surface area contributed by atoms with Crippen LogP contribution in [0.5, 0.6) is 5.88 Å². The highest BCUT2D eigenvalue weighted by Gasteiger charge is 2.23. The zero-order chi connectivity index (χ0) is 17.8. The van der Waals surface area contributed by atoms with Crippen LogP contribution in [0.2, 0.25) is 5.02 Å². The van der Waals surface area contributed by atoms with Crippen LogP contribution in [0.25, 0.3) is 0 Å². The molecule has 2 aromatic rings. The van der Waals surface area contributed by atoms with Crippen LogP contribution in [-0.2, 0) is 0 Å². The van der Waals surface area contributed by atoms with Crippen LogP contribution < -0.4 is 10.1 Å². The van der Waals surface area contributed by atoms with E-state index in [-0.39, 0.29) is 11.8 Å². The standard InChI is InChI=1S/C16H16ClFN4O3/c17-10-1-2-13(12(18)7-10)21-14-8-15(20-9-19-14)25-11-3-5-22(6-4-11)16(23)24/h1-2,7-9,11H,3-6H2,(H,23,24)(H,19,20,21). The predicted molar refractivity (Wildman–Crippen MR) is 90.0 cm³/mol.